The van der Waals surface area contributed by atoms with Crippen LogP contribution in [0.3, 0.4) is 0 Å². The predicted octanol–water partition coefficient (Wildman–Crippen LogP) is 3.92. The largest absolute Gasteiger partial charge is 0.297 e. The van der Waals surface area contributed by atoms with E-state index in [1.807, 2.05) is 0 Å². The number of hydrogen-bond acceptors (Lipinski definition) is 3. The highest BCUT2D eigenvalue weighted by atomic mass is 32.1. The van der Waals surface area contributed by atoms with Crippen LogP contribution in [0.4, 0.5) is 0 Å². The van der Waals surface area contributed by atoms with Gasteiger partial charge in [-0.05, 0) is 11.0 Å². The molecule has 3 heteroatoms. The van der Waals surface area contributed by atoms with Crippen LogP contribution in [0.1, 0.15) is 36.0 Å². The van der Waals surface area contributed by atoms with Crippen molar-refractivity contribution in [2.24, 2.45) is 0 Å². The van der Waals surface area contributed by atoms with Crippen molar-refractivity contribution >= 4 is 17.6 Å². The van der Waals surface area contributed by atoms with Crippen LogP contribution in [0.2, 0.25) is 0 Å². The average molecular weight is 245 g/mol. The monoisotopic (exact) mass is 245 g/mol. The van der Waals surface area contributed by atoms with Gasteiger partial charge in [0.05, 0.1) is 4.88 Å². The number of aromatic nitrogens is 1. The van der Waals surface area contributed by atoms with Crippen molar-refractivity contribution in [3.8, 4) is 10.6 Å². The Morgan fingerprint density at radius 3 is 2.29 bits per heavy atom. The normalized spacial score (nSPS) is 11.5. The molecule has 0 fully saturated rings. The van der Waals surface area contributed by atoms with Crippen molar-refractivity contribution in [3.05, 3.63) is 40.9 Å². The molecule has 0 aliphatic carbocycles. The van der Waals surface area contributed by atoms with Gasteiger partial charge in [-0.1, -0.05) is 45.0 Å². The first-order valence-corrected chi connectivity index (χ1v) is 6.34. The third-order valence-electron chi connectivity index (χ3n) is 2.64. The molecule has 0 atom stereocenters. The molecule has 0 N–H and O–H groups in total. The molecule has 1 aromatic carbocycles. The maximum atomic E-state index is 10.6. The number of carbonyl (C=O) groups excluding carboxylic acids is 1. The summed E-state index contributed by atoms with van der Waals surface area (Å²) in [5.41, 5.74) is 2.53. The zero-order valence-corrected chi connectivity index (χ0v) is 11.0. The highest BCUT2D eigenvalue weighted by Gasteiger charge is 2.13. The molecule has 0 aliphatic rings. The lowest BCUT2D eigenvalue weighted by molar-refractivity contribution is 0.112. The lowest BCUT2D eigenvalue weighted by atomic mass is 9.87. The summed E-state index contributed by atoms with van der Waals surface area (Å²) in [6.07, 6.45) is 2.45. The summed E-state index contributed by atoms with van der Waals surface area (Å²) in [4.78, 5) is 15.5. The Hall–Kier alpha value is -1.48. The zero-order chi connectivity index (χ0) is 12.5. The quantitative estimate of drug-likeness (QED) is 0.751. The van der Waals surface area contributed by atoms with Crippen molar-refractivity contribution in [3.63, 3.8) is 0 Å². The van der Waals surface area contributed by atoms with Gasteiger partial charge in [-0.25, -0.2) is 4.98 Å². The number of hydrogen-bond donors (Lipinski definition) is 0. The predicted molar refractivity (Wildman–Crippen MR) is 71.6 cm³/mol. The van der Waals surface area contributed by atoms with Crippen molar-refractivity contribution < 1.29 is 4.79 Å². The third-order valence-corrected chi connectivity index (χ3v) is 3.61. The highest BCUT2D eigenvalue weighted by Crippen LogP contribution is 2.28. The molecule has 0 radical (unpaired) electrons. The lowest BCUT2D eigenvalue weighted by Crippen LogP contribution is -2.10. The van der Waals surface area contributed by atoms with E-state index in [1.54, 1.807) is 6.20 Å². The van der Waals surface area contributed by atoms with Crippen molar-refractivity contribution in [1.82, 2.24) is 4.98 Å². The summed E-state index contributed by atoms with van der Waals surface area (Å²) in [6.45, 7) is 6.57. The number of carbonyl (C=O) groups is 1. The maximum absolute atomic E-state index is 10.6. The first kappa shape index (κ1) is 12.0. The van der Waals surface area contributed by atoms with E-state index in [0.717, 1.165) is 16.9 Å². The molecule has 0 saturated carbocycles. The minimum atomic E-state index is 0.162. The average Bonchev–Trinajstić information content (AvgIpc) is 2.76. The summed E-state index contributed by atoms with van der Waals surface area (Å²) in [5, 5.41) is 0.896. The Balaban J connectivity index is 2.32. The van der Waals surface area contributed by atoms with E-state index >= 15 is 0 Å². The first-order chi connectivity index (χ1) is 8.00. The molecule has 88 valence electrons. The fraction of sp³-hybridized carbons (Fsp3) is 0.286. The van der Waals surface area contributed by atoms with Crippen molar-refractivity contribution in [1.29, 1.82) is 0 Å². The van der Waals surface area contributed by atoms with Crippen LogP contribution in [0.25, 0.3) is 10.6 Å². The summed E-state index contributed by atoms with van der Waals surface area (Å²) in [5.74, 6) is 0. The molecule has 0 saturated heterocycles. The van der Waals surface area contributed by atoms with Gasteiger partial charge in [0.2, 0.25) is 0 Å². The van der Waals surface area contributed by atoms with Crippen LogP contribution in [0.5, 0.6) is 0 Å². The van der Waals surface area contributed by atoms with E-state index in [1.165, 1.54) is 16.9 Å². The van der Waals surface area contributed by atoms with E-state index in [4.69, 9.17) is 0 Å². The Labute approximate surface area is 105 Å². The summed E-state index contributed by atoms with van der Waals surface area (Å²) in [7, 11) is 0. The number of thiazole rings is 1. The second-order valence-corrected chi connectivity index (χ2v) is 6.08. The smallest absolute Gasteiger partial charge is 0.161 e. The molecule has 2 rings (SSSR count). The molecule has 1 heterocycles. The van der Waals surface area contributed by atoms with Crippen LogP contribution in [-0.2, 0) is 5.41 Å². The molecular weight excluding hydrogens is 230 g/mol. The molecule has 2 nitrogen and oxygen atoms in total. The van der Waals surface area contributed by atoms with Gasteiger partial charge < -0.3 is 0 Å². The van der Waals surface area contributed by atoms with Crippen LogP contribution in [-0.4, -0.2) is 11.3 Å². The molecule has 1 aromatic heterocycles. The number of rotatable bonds is 2. The lowest BCUT2D eigenvalue weighted by Gasteiger charge is -2.18. The van der Waals surface area contributed by atoms with Gasteiger partial charge >= 0.3 is 0 Å². The first-order valence-electron chi connectivity index (χ1n) is 5.52. The van der Waals surface area contributed by atoms with E-state index in [9.17, 15) is 4.79 Å². The van der Waals surface area contributed by atoms with E-state index in [-0.39, 0.29) is 5.41 Å². The standard InChI is InChI=1S/C14H15NOS/c1-14(2,3)11-6-4-10(5-7-11)13-15-8-12(9-16)17-13/h4-9H,1-3H3. The van der Waals surface area contributed by atoms with E-state index < -0.39 is 0 Å². The molecule has 0 bridgehead atoms. The Kier molecular flexibility index (Phi) is 3.11. The summed E-state index contributed by atoms with van der Waals surface area (Å²) in [6, 6.07) is 8.37. The maximum Gasteiger partial charge on any atom is 0.161 e. The van der Waals surface area contributed by atoms with Gasteiger partial charge in [0.1, 0.15) is 5.01 Å². The van der Waals surface area contributed by atoms with Crippen LogP contribution < -0.4 is 0 Å². The number of nitrogens with zero attached hydrogens (tertiary/aromatic N) is 1. The van der Waals surface area contributed by atoms with Gasteiger partial charge in [-0.2, -0.15) is 0 Å². The van der Waals surface area contributed by atoms with E-state index in [0.29, 0.717) is 4.88 Å². The van der Waals surface area contributed by atoms with E-state index in [2.05, 4.69) is 50.0 Å². The molecule has 0 amide bonds. The van der Waals surface area contributed by atoms with Gasteiger partial charge in [0, 0.05) is 11.8 Å². The minimum Gasteiger partial charge on any atom is -0.297 e. The van der Waals surface area contributed by atoms with Crippen LogP contribution in [0.15, 0.2) is 30.5 Å². The molecular formula is C14H15NOS. The Morgan fingerprint density at radius 2 is 1.82 bits per heavy atom. The second kappa shape index (κ2) is 4.41. The Bertz CT molecular complexity index is 520. The Morgan fingerprint density at radius 1 is 1.18 bits per heavy atom. The fourth-order valence-corrected chi connectivity index (χ4v) is 2.32. The summed E-state index contributed by atoms with van der Waals surface area (Å²) < 4.78 is 0. The highest BCUT2D eigenvalue weighted by molar-refractivity contribution is 7.16. The fourth-order valence-electron chi connectivity index (χ4n) is 1.59. The van der Waals surface area contributed by atoms with Gasteiger partial charge in [-0.3, -0.25) is 4.79 Å². The minimum absolute atomic E-state index is 0.162. The SMILES string of the molecule is CC(C)(C)c1ccc(-c2ncc(C=O)s2)cc1. The van der Waals surface area contributed by atoms with Gasteiger partial charge in [0.25, 0.3) is 0 Å². The second-order valence-electron chi connectivity index (χ2n) is 5.01. The summed E-state index contributed by atoms with van der Waals surface area (Å²) >= 11 is 1.42. The zero-order valence-electron chi connectivity index (χ0n) is 10.2. The van der Waals surface area contributed by atoms with Crippen molar-refractivity contribution in [2.75, 3.05) is 0 Å². The number of benzene rings is 1. The molecule has 0 aliphatic heterocycles. The van der Waals surface area contributed by atoms with Crippen LogP contribution >= 0.6 is 11.3 Å². The molecule has 0 unspecified atom stereocenters. The third kappa shape index (κ3) is 2.61. The molecule has 0 spiro atoms. The molecule has 2 aromatic rings. The number of aldehydes is 1. The van der Waals surface area contributed by atoms with Crippen molar-refractivity contribution in [2.45, 2.75) is 26.2 Å². The van der Waals surface area contributed by atoms with Gasteiger partial charge in [0.15, 0.2) is 6.29 Å². The van der Waals surface area contributed by atoms with Gasteiger partial charge in [-0.15, -0.1) is 11.3 Å². The topological polar surface area (TPSA) is 30.0 Å². The van der Waals surface area contributed by atoms with Crippen LogP contribution in [0, 0.1) is 0 Å². The molecule has 17 heavy (non-hydrogen) atoms.